The molecule has 0 saturated heterocycles. The van der Waals surface area contributed by atoms with E-state index in [0.29, 0.717) is 12.1 Å². The first-order chi connectivity index (χ1) is 10.4. The van der Waals surface area contributed by atoms with Crippen LogP contribution < -0.4 is 0 Å². The third-order valence-corrected chi connectivity index (χ3v) is 2.53. The second-order valence-electron chi connectivity index (χ2n) is 4.39. The summed E-state index contributed by atoms with van der Waals surface area (Å²) in [7, 11) is 0. The summed E-state index contributed by atoms with van der Waals surface area (Å²) in [5.74, 6) is -2.67. The molecule has 0 aliphatic heterocycles. The predicted octanol–water partition coefficient (Wildman–Crippen LogP) is 3.78. The molecule has 0 aromatic heterocycles. The van der Waals surface area contributed by atoms with Gasteiger partial charge >= 0.3 is 18.3 Å². The van der Waals surface area contributed by atoms with E-state index in [9.17, 15) is 35.9 Å². The van der Waals surface area contributed by atoms with Gasteiger partial charge < -0.3 is 4.74 Å². The topological polar surface area (TPSA) is 43.4 Å². The molecule has 23 heavy (non-hydrogen) atoms. The monoisotopic (exact) mass is 340 g/mol. The molecule has 0 fully saturated rings. The van der Waals surface area contributed by atoms with E-state index in [2.05, 4.69) is 4.74 Å². The fraction of sp³-hybridized carbons (Fsp3) is 0.286. The van der Waals surface area contributed by atoms with Crippen molar-refractivity contribution in [3.63, 3.8) is 0 Å². The van der Waals surface area contributed by atoms with E-state index in [-0.39, 0.29) is 0 Å². The first kappa shape index (κ1) is 18.7. The Labute approximate surface area is 126 Å². The van der Waals surface area contributed by atoms with E-state index in [1.165, 1.54) is 6.07 Å². The minimum absolute atomic E-state index is 0.533. The van der Waals surface area contributed by atoms with Gasteiger partial charge in [0.25, 0.3) is 0 Å². The highest BCUT2D eigenvalue weighted by molar-refractivity contribution is 6.19. The number of ketones is 1. The molecule has 126 valence electrons. The van der Waals surface area contributed by atoms with Crippen molar-refractivity contribution in [2.24, 2.45) is 0 Å². The number of rotatable bonds is 4. The molecule has 0 spiro atoms. The number of alkyl halides is 6. The number of halogens is 6. The molecule has 0 bridgehead atoms. The zero-order valence-corrected chi connectivity index (χ0v) is 11.6. The lowest BCUT2D eigenvalue weighted by Gasteiger charge is -2.12. The number of hydrogen-bond acceptors (Lipinski definition) is 3. The lowest BCUT2D eigenvalue weighted by molar-refractivity contribution is -0.183. The molecule has 1 rings (SSSR count). The molecule has 0 unspecified atom stereocenters. The van der Waals surface area contributed by atoms with Gasteiger partial charge in [0.1, 0.15) is 5.57 Å². The number of benzene rings is 1. The lowest BCUT2D eigenvalue weighted by atomic mass is 10.0. The van der Waals surface area contributed by atoms with E-state index in [0.717, 1.165) is 19.1 Å². The second kappa shape index (κ2) is 6.84. The number of hydrogen-bond donors (Lipinski definition) is 0. The van der Waals surface area contributed by atoms with Crippen LogP contribution in [0.3, 0.4) is 0 Å². The van der Waals surface area contributed by atoms with Crippen molar-refractivity contribution in [2.75, 3.05) is 6.61 Å². The van der Waals surface area contributed by atoms with Crippen LogP contribution >= 0.6 is 0 Å². The molecule has 0 atom stereocenters. The van der Waals surface area contributed by atoms with Gasteiger partial charge in [-0.15, -0.1) is 0 Å². The average Bonchev–Trinajstić information content (AvgIpc) is 2.40. The third kappa shape index (κ3) is 5.76. The maximum Gasteiger partial charge on any atom is 0.422 e. The summed E-state index contributed by atoms with van der Waals surface area (Å²) in [4.78, 5) is 22.8. The molecule has 0 saturated carbocycles. The van der Waals surface area contributed by atoms with Crippen LogP contribution in [-0.2, 0) is 20.5 Å². The molecule has 0 N–H and O–H groups in total. The van der Waals surface area contributed by atoms with Gasteiger partial charge in [0.15, 0.2) is 12.4 Å². The molecule has 0 radical (unpaired) electrons. The minimum atomic E-state index is -4.82. The highest BCUT2D eigenvalue weighted by Gasteiger charge is 2.34. The molecular formula is C14H10F6O3. The third-order valence-electron chi connectivity index (χ3n) is 2.53. The summed E-state index contributed by atoms with van der Waals surface area (Å²) < 4.78 is 78.4. The zero-order chi connectivity index (χ0) is 17.8. The van der Waals surface area contributed by atoms with Crippen molar-refractivity contribution in [1.82, 2.24) is 0 Å². The van der Waals surface area contributed by atoms with Crippen molar-refractivity contribution in [3.05, 3.63) is 41.0 Å². The minimum Gasteiger partial charge on any atom is -0.452 e. The highest BCUT2D eigenvalue weighted by atomic mass is 19.4. The number of Topliss-reactive ketones (excluding diaryl/α,β-unsaturated/α-hetero) is 1. The van der Waals surface area contributed by atoms with Crippen LogP contribution in [0.5, 0.6) is 0 Å². The number of esters is 1. The number of ether oxygens (including phenoxy) is 1. The van der Waals surface area contributed by atoms with Gasteiger partial charge in [0.2, 0.25) is 0 Å². The van der Waals surface area contributed by atoms with E-state index in [1.54, 1.807) is 0 Å². The Morgan fingerprint density at radius 1 is 1.09 bits per heavy atom. The lowest BCUT2D eigenvalue weighted by Crippen LogP contribution is -2.23. The summed E-state index contributed by atoms with van der Waals surface area (Å²) in [6.45, 7) is -1.12. The molecule has 0 aliphatic carbocycles. The van der Waals surface area contributed by atoms with Gasteiger partial charge in [0.05, 0.1) is 5.56 Å². The Morgan fingerprint density at radius 2 is 1.65 bits per heavy atom. The van der Waals surface area contributed by atoms with Crippen LogP contribution in [0.2, 0.25) is 0 Å². The first-order valence-corrected chi connectivity index (χ1v) is 6.04. The van der Waals surface area contributed by atoms with E-state index < -0.39 is 47.4 Å². The van der Waals surface area contributed by atoms with Gasteiger partial charge in [-0.05, 0) is 24.6 Å². The van der Waals surface area contributed by atoms with Crippen LogP contribution in [0.25, 0.3) is 6.08 Å². The highest BCUT2D eigenvalue weighted by Crippen LogP contribution is 2.33. The zero-order valence-electron chi connectivity index (χ0n) is 11.6. The van der Waals surface area contributed by atoms with Crippen LogP contribution in [0.15, 0.2) is 29.8 Å². The van der Waals surface area contributed by atoms with Crippen molar-refractivity contribution in [2.45, 2.75) is 19.3 Å². The largest absolute Gasteiger partial charge is 0.452 e. The fourth-order valence-electron chi connectivity index (χ4n) is 1.57. The molecule has 0 amide bonds. The van der Waals surface area contributed by atoms with E-state index in [4.69, 9.17) is 0 Å². The molecule has 3 nitrogen and oxygen atoms in total. The standard InChI is InChI=1S/C14H10F6O3/c1-8(21)10(12(22)23-7-13(15,16)17)6-9-4-2-3-5-11(9)14(18,19)20/h2-6H,7H2,1H3/b10-6+. The average molecular weight is 340 g/mol. The molecule has 0 heterocycles. The fourth-order valence-corrected chi connectivity index (χ4v) is 1.57. The van der Waals surface area contributed by atoms with Gasteiger partial charge in [0, 0.05) is 0 Å². The summed E-state index contributed by atoms with van der Waals surface area (Å²) >= 11 is 0. The Morgan fingerprint density at radius 3 is 2.13 bits per heavy atom. The molecule has 9 heteroatoms. The Balaban J connectivity index is 3.19. The van der Waals surface area contributed by atoms with E-state index in [1.807, 2.05) is 0 Å². The van der Waals surface area contributed by atoms with Crippen molar-refractivity contribution >= 4 is 17.8 Å². The van der Waals surface area contributed by atoms with Crippen LogP contribution in [-0.4, -0.2) is 24.5 Å². The summed E-state index contributed by atoms with van der Waals surface area (Å²) in [6.07, 6.45) is -9.02. The summed E-state index contributed by atoms with van der Waals surface area (Å²) in [5, 5.41) is 0. The Kier molecular flexibility index (Phi) is 5.57. The van der Waals surface area contributed by atoms with Gasteiger partial charge in [-0.25, -0.2) is 4.79 Å². The maximum absolute atomic E-state index is 12.8. The molecule has 1 aromatic carbocycles. The Hall–Kier alpha value is -2.32. The van der Waals surface area contributed by atoms with Gasteiger partial charge in [-0.2, -0.15) is 26.3 Å². The summed E-state index contributed by atoms with van der Waals surface area (Å²) in [5.41, 5.74) is -2.58. The molecule has 1 aromatic rings. The quantitative estimate of drug-likeness (QED) is 0.275. The molecular weight excluding hydrogens is 330 g/mol. The smallest absolute Gasteiger partial charge is 0.422 e. The van der Waals surface area contributed by atoms with Gasteiger partial charge in [-0.1, -0.05) is 18.2 Å². The van der Waals surface area contributed by atoms with Crippen molar-refractivity contribution in [3.8, 4) is 0 Å². The number of carbonyl (C=O) groups excluding carboxylic acids is 2. The maximum atomic E-state index is 12.8. The summed E-state index contributed by atoms with van der Waals surface area (Å²) in [6, 6.07) is 4.00. The van der Waals surface area contributed by atoms with Gasteiger partial charge in [-0.3, -0.25) is 4.79 Å². The SMILES string of the molecule is CC(=O)/C(=C\c1ccccc1C(F)(F)F)C(=O)OCC(F)(F)F. The van der Waals surface area contributed by atoms with Crippen molar-refractivity contribution in [1.29, 1.82) is 0 Å². The normalized spacial score (nSPS) is 12.9. The van der Waals surface area contributed by atoms with Crippen molar-refractivity contribution < 1.29 is 40.7 Å². The predicted molar refractivity (Wildman–Crippen MR) is 67.1 cm³/mol. The second-order valence-corrected chi connectivity index (χ2v) is 4.39. The van der Waals surface area contributed by atoms with Crippen LogP contribution in [0.1, 0.15) is 18.1 Å². The van der Waals surface area contributed by atoms with E-state index >= 15 is 0 Å². The number of carbonyl (C=O) groups is 2. The van der Waals surface area contributed by atoms with Crippen LogP contribution in [0.4, 0.5) is 26.3 Å². The molecule has 0 aliphatic rings. The Bertz CT molecular complexity index is 628. The van der Waals surface area contributed by atoms with Crippen LogP contribution in [0, 0.1) is 0 Å². The first-order valence-electron chi connectivity index (χ1n) is 6.04.